The van der Waals surface area contributed by atoms with Crippen LogP contribution in [0.15, 0.2) is 59.2 Å². The summed E-state index contributed by atoms with van der Waals surface area (Å²) >= 11 is 0. The van der Waals surface area contributed by atoms with E-state index in [1.807, 2.05) is 0 Å². The molecule has 2 heterocycles. The molecule has 2 aromatic carbocycles. The van der Waals surface area contributed by atoms with Gasteiger partial charge in [-0.05, 0) is 48.5 Å². The van der Waals surface area contributed by atoms with Gasteiger partial charge in [0.15, 0.2) is 6.17 Å². The van der Waals surface area contributed by atoms with Crippen LogP contribution in [0.5, 0.6) is 0 Å². The van der Waals surface area contributed by atoms with Crippen molar-refractivity contribution in [3.63, 3.8) is 0 Å². The molecule has 3 aromatic rings. The number of furan rings is 1. The Labute approximate surface area is 189 Å². The summed E-state index contributed by atoms with van der Waals surface area (Å²) in [7, 11) is 0. The molecule has 3 amide bonds. The lowest BCUT2D eigenvalue weighted by Crippen LogP contribution is -2.55. The standard InChI is InChI=1S/C21H16F4N6O3/c22-14-6-1-10(21(23,24)25)9-15(14)30(20(28)33)11-2-4-12(5-3-11)31-16(26)13-7-8-34-19(13)29-18(31)17(27)32/h1-9,18,26,29H,(H2,27,32)(H2,28,33). The molecule has 34 heavy (non-hydrogen) atoms. The molecule has 1 aromatic heterocycles. The summed E-state index contributed by atoms with van der Waals surface area (Å²) in [5, 5.41) is 11.2. The van der Waals surface area contributed by atoms with Gasteiger partial charge in [-0.25, -0.2) is 9.18 Å². The quantitative estimate of drug-likeness (QED) is 0.425. The molecule has 1 unspecified atom stereocenters. The van der Waals surface area contributed by atoms with Crippen molar-refractivity contribution in [1.82, 2.24) is 0 Å². The first-order valence-corrected chi connectivity index (χ1v) is 9.57. The number of halogens is 4. The topological polar surface area (TPSA) is 142 Å². The Morgan fingerprint density at radius 3 is 2.35 bits per heavy atom. The van der Waals surface area contributed by atoms with E-state index in [4.69, 9.17) is 21.3 Å². The number of alkyl halides is 3. The van der Waals surface area contributed by atoms with E-state index < -0.39 is 41.3 Å². The van der Waals surface area contributed by atoms with Crippen molar-refractivity contribution in [2.24, 2.45) is 11.5 Å². The van der Waals surface area contributed by atoms with E-state index in [1.165, 1.54) is 41.5 Å². The number of carbonyl (C=O) groups excluding carboxylic acids is 2. The summed E-state index contributed by atoms with van der Waals surface area (Å²) in [6, 6.07) is 7.17. The van der Waals surface area contributed by atoms with Crippen molar-refractivity contribution in [1.29, 1.82) is 5.41 Å². The highest BCUT2D eigenvalue weighted by Gasteiger charge is 2.36. The predicted molar refractivity (Wildman–Crippen MR) is 114 cm³/mol. The highest BCUT2D eigenvalue weighted by Crippen LogP contribution is 2.37. The fourth-order valence-electron chi connectivity index (χ4n) is 3.54. The molecular weight excluding hydrogens is 460 g/mol. The number of fused-ring (bicyclic) bond motifs is 1. The number of nitrogens with two attached hydrogens (primary N) is 2. The molecule has 0 aliphatic carbocycles. The molecule has 1 aliphatic rings. The second kappa shape index (κ2) is 8.10. The van der Waals surface area contributed by atoms with Crippen LogP contribution in [-0.2, 0) is 11.0 Å². The summed E-state index contributed by atoms with van der Waals surface area (Å²) in [6.45, 7) is 0. The van der Waals surface area contributed by atoms with Gasteiger partial charge in [0, 0.05) is 5.69 Å². The molecule has 1 aliphatic heterocycles. The van der Waals surface area contributed by atoms with Crippen molar-refractivity contribution in [2.75, 3.05) is 15.1 Å². The first-order chi connectivity index (χ1) is 16.0. The molecule has 0 radical (unpaired) electrons. The van der Waals surface area contributed by atoms with Crippen LogP contribution in [0.3, 0.4) is 0 Å². The molecule has 0 bridgehead atoms. The summed E-state index contributed by atoms with van der Waals surface area (Å²) in [6.07, 6.45) is -4.64. The maximum absolute atomic E-state index is 14.4. The number of anilines is 4. The first-order valence-electron chi connectivity index (χ1n) is 9.57. The third-order valence-electron chi connectivity index (χ3n) is 5.08. The van der Waals surface area contributed by atoms with Crippen LogP contribution < -0.4 is 26.6 Å². The lowest BCUT2D eigenvalue weighted by molar-refractivity contribution is -0.137. The van der Waals surface area contributed by atoms with Gasteiger partial charge in [-0.1, -0.05) is 0 Å². The second-order valence-electron chi connectivity index (χ2n) is 7.19. The Kier molecular flexibility index (Phi) is 5.39. The maximum Gasteiger partial charge on any atom is 0.416 e. The molecule has 9 nitrogen and oxygen atoms in total. The molecule has 0 saturated carbocycles. The van der Waals surface area contributed by atoms with Crippen LogP contribution >= 0.6 is 0 Å². The number of nitrogens with zero attached hydrogens (tertiary/aromatic N) is 2. The van der Waals surface area contributed by atoms with Crippen LogP contribution in [0.1, 0.15) is 11.1 Å². The molecule has 0 saturated heterocycles. The van der Waals surface area contributed by atoms with Crippen LogP contribution in [-0.4, -0.2) is 23.9 Å². The van der Waals surface area contributed by atoms with Crippen LogP contribution in [0.4, 0.5) is 45.3 Å². The molecule has 0 fully saturated rings. The van der Waals surface area contributed by atoms with Crippen LogP contribution in [0, 0.1) is 11.2 Å². The fourth-order valence-corrected chi connectivity index (χ4v) is 3.54. The Balaban J connectivity index is 1.73. The van der Waals surface area contributed by atoms with Gasteiger partial charge >= 0.3 is 12.2 Å². The lowest BCUT2D eigenvalue weighted by atomic mass is 10.1. The number of amidine groups is 1. The molecule has 1 atom stereocenters. The highest BCUT2D eigenvalue weighted by atomic mass is 19.4. The van der Waals surface area contributed by atoms with Crippen LogP contribution in [0.2, 0.25) is 0 Å². The summed E-state index contributed by atoms with van der Waals surface area (Å²) in [5.41, 5.74) is 9.52. The maximum atomic E-state index is 14.4. The zero-order chi connectivity index (χ0) is 24.8. The smallest absolute Gasteiger partial charge is 0.416 e. The summed E-state index contributed by atoms with van der Waals surface area (Å²) in [5.74, 6) is -1.85. The zero-order valence-corrected chi connectivity index (χ0v) is 17.1. The number of primary amides is 2. The van der Waals surface area contributed by atoms with E-state index in [0.29, 0.717) is 28.7 Å². The van der Waals surface area contributed by atoms with Gasteiger partial charge in [0.25, 0.3) is 5.91 Å². The highest BCUT2D eigenvalue weighted by molar-refractivity contribution is 6.16. The lowest BCUT2D eigenvalue weighted by Gasteiger charge is -2.36. The zero-order valence-electron chi connectivity index (χ0n) is 17.1. The minimum absolute atomic E-state index is 0.0504. The van der Waals surface area contributed by atoms with Gasteiger partial charge in [0.2, 0.25) is 5.88 Å². The van der Waals surface area contributed by atoms with Gasteiger partial charge in [0.1, 0.15) is 11.7 Å². The van der Waals surface area contributed by atoms with Gasteiger partial charge < -0.3 is 21.2 Å². The minimum Gasteiger partial charge on any atom is -0.448 e. The average molecular weight is 476 g/mol. The van der Waals surface area contributed by atoms with E-state index in [2.05, 4.69) is 5.32 Å². The third-order valence-corrected chi connectivity index (χ3v) is 5.08. The second-order valence-corrected chi connectivity index (χ2v) is 7.19. The fraction of sp³-hybridized carbons (Fsp3) is 0.0952. The van der Waals surface area contributed by atoms with Crippen LogP contribution in [0.25, 0.3) is 0 Å². The van der Waals surface area contributed by atoms with E-state index >= 15 is 0 Å². The molecule has 176 valence electrons. The SMILES string of the molecule is N=C1c2ccoc2NC(C(N)=O)N1c1ccc(N(C(N)=O)c2cc(C(F)(F)F)ccc2F)cc1. The number of hydrogen-bond acceptors (Lipinski definition) is 5. The molecule has 0 spiro atoms. The average Bonchev–Trinajstić information content (AvgIpc) is 3.24. The third kappa shape index (κ3) is 3.87. The van der Waals surface area contributed by atoms with E-state index in [9.17, 15) is 27.2 Å². The van der Waals surface area contributed by atoms with Crippen molar-refractivity contribution >= 4 is 40.7 Å². The van der Waals surface area contributed by atoms with Crippen molar-refractivity contribution in [2.45, 2.75) is 12.3 Å². The molecule has 4 rings (SSSR count). The van der Waals surface area contributed by atoms with E-state index in [0.717, 1.165) is 0 Å². The summed E-state index contributed by atoms with van der Waals surface area (Å²) in [4.78, 5) is 25.9. The number of rotatable bonds is 4. The van der Waals surface area contributed by atoms with Crippen molar-refractivity contribution in [3.05, 3.63) is 71.7 Å². The molecule has 13 heteroatoms. The number of hydrogen-bond donors (Lipinski definition) is 4. The normalized spacial score (nSPS) is 15.5. The Morgan fingerprint density at radius 2 is 1.76 bits per heavy atom. The number of amides is 3. The number of carbonyl (C=O) groups is 2. The minimum atomic E-state index is -4.77. The van der Waals surface area contributed by atoms with E-state index in [1.54, 1.807) is 0 Å². The van der Waals surface area contributed by atoms with Crippen molar-refractivity contribution < 1.29 is 31.6 Å². The molecular formula is C21H16F4N6O3. The predicted octanol–water partition coefficient (Wildman–Crippen LogP) is 3.72. The van der Waals surface area contributed by atoms with Gasteiger partial charge in [-0.2, -0.15) is 13.2 Å². The Morgan fingerprint density at radius 1 is 1.09 bits per heavy atom. The Hall–Kier alpha value is -4.55. The van der Waals surface area contributed by atoms with Crippen molar-refractivity contribution in [3.8, 4) is 0 Å². The number of benzene rings is 2. The largest absolute Gasteiger partial charge is 0.448 e. The summed E-state index contributed by atoms with van der Waals surface area (Å²) < 4.78 is 58.9. The van der Waals surface area contributed by atoms with Gasteiger partial charge in [-0.3, -0.25) is 20.0 Å². The molecule has 6 N–H and O–H groups in total. The number of urea groups is 1. The van der Waals surface area contributed by atoms with E-state index in [-0.39, 0.29) is 23.1 Å². The monoisotopic (exact) mass is 476 g/mol. The first kappa shape index (κ1) is 22.6. The Bertz CT molecular complexity index is 1290. The number of nitrogens with one attached hydrogen (secondary N) is 2. The van der Waals surface area contributed by atoms with Gasteiger partial charge in [0.05, 0.1) is 28.8 Å². The van der Waals surface area contributed by atoms with Gasteiger partial charge in [-0.15, -0.1) is 0 Å².